The highest BCUT2D eigenvalue weighted by Gasteiger charge is 2.14. The van der Waals surface area contributed by atoms with Crippen LogP contribution >= 0.6 is 12.4 Å². The predicted octanol–water partition coefficient (Wildman–Crippen LogP) is 2.95. The average Bonchev–Trinajstić information content (AvgIpc) is 3.05. The highest BCUT2D eigenvalue weighted by Crippen LogP contribution is 2.25. The summed E-state index contributed by atoms with van der Waals surface area (Å²) >= 11 is 0. The number of carbonyl (C=O) groups is 1. The molecule has 1 aromatic heterocycles. The largest absolute Gasteiger partial charge is 0.497 e. The van der Waals surface area contributed by atoms with Crippen LogP contribution in [0.5, 0.6) is 5.75 Å². The minimum Gasteiger partial charge on any atom is -0.497 e. The number of nitrogens with zero attached hydrogens (tertiary/aromatic N) is 2. The van der Waals surface area contributed by atoms with E-state index in [0.29, 0.717) is 23.4 Å². The van der Waals surface area contributed by atoms with Crippen LogP contribution in [0.2, 0.25) is 0 Å². The Balaban J connectivity index is 0.00000243. The van der Waals surface area contributed by atoms with Gasteiger partial charge in [-0.1, -0.05) is 18.2 Å². The number of benzene rings is 2. The topological polar surface area (TPSA) is 70.2 Å². The van der Waals surface area contributed by atoms with Crippen molar-refractivity contribution in [3.05, 3.63) is 48.0 Å². The van der Waals surface area contributed by atoms with Gasteiger partial charge in [-0.2, -0.15) is 0 Å². The van der Waals surface area contributed by atoms with Gasteiger partial charge in [0, 0.05) is 18.7 Å². The number of hydrogen-bond acceptors (Lipinski definition) is 4. The van der Waals surface area contributed by atoms with E-state index in [2.05, 4.69) is 15.3 Å². The van der Waals surface area contributed by atoms with Crippen LogP contribution in [0.4, 0.5) is 0 Å². The number of aromatic amines is 1. The van der Waals surface area contributed by atoms with Crippen molar-refractivity contribution in [2.24, 2.45) is 0 Å². The minimum atomic E-state index is -0.115. The quantitative estimate of drug-likeness (QED) is 0.696. The SMILES string of the molecule is COc1cccc(-c2nc3c(C(=O)NCCN(C)C)cccc3[nH]2)c1.Cl. The molecule has 2 N–H and O–H groups in total. The Morgan fingerprint density at radius 2 is 2.00 bits per heavy atom. The standard InChI is InChI=1S/C19H22N4O2.ClH/c1-23(2)11-10-20-19(24)15-8-5-9-16-17(15)22-18(21-16)13-6-4-7-14(12-13)25-3;/h4-9,12H,10-11H2,1-3H3,(H,20,24)(H,21,22);1H. The Kier molecular flexibility index (Phi) is 6.60. The zero-order valence-corrected chi connectivity index (χ0v) is 15.9. The normalized spacial score (nSPS) is 10.6. The second-order valence-corrected chi connectivity index (χ2v) is 6.08. The van der Waals surface area contributed by atoms with E-state index in [-0.39, 0.29) is 18.3 Å². The number of rotatable bonds is 6. The number of ether oxygens (including phenoxy) is 1. The lowest BCUT2D eigenvalue weighted by Gasteiger charge is -2.10. The summed E-state index contributed by atoms with van der Waals surface area (Å²) in [5.41, 5.74) is 2.98. The number of carbonyl (C=O) groups excluding carboxylic acids is 1. The number of para-hydroxylation sites is 1. The van der Waals surface area contributed by atoms with Crippen molar-refractivity contribution in [1.29, 1.82) is 0 Å². The fourth-order valence-electron chi connectivity index (χ4n) is 2.61. The molecule has 138 valence electrons. The van der Waals surface area contributed by atoms with Crippen LogP contribution in [-0.2, 0) is 0 Å². The molecule has 0 aliphatic heterocycles. The van der Waals surface area contributed by atoms with Crippen molar-refractivity contribution in [2.45, 2.75) is 0 Å². The third-order valence-corrected chi connectivity index (χ3v) is 3.95. The number of fused-ring (bicyclic) bond motifs is 1. The van der Waals surface area contributed by atoms with Gasteiger partial charge in [0.25, 0.3) is 5.91 Å². The third kappa shape index (κ3) is 4.33. The minimum absolute atomic E-state index is 0. The van der Waals surface area contributed by atoms with Crippen LogP contribution in [0.1, 0.15) is 10.4 Å². The van der Waals surface area contributed by atoms with E-state index in [1.54, 1.807) is 13.2 Å². The van der Waals surface area contributed by atoms with Crippen LogP contribution in [-0.4, -0.2) is 55.1 Å². The number of likely N-dealkylation sites (N-methyl/N-ethyl adjacent to an activating group) is 1. The first-order valence-corrected chi connectivity index (χ1v) is 8.14. The molecular formula is C19H23ClN4O2. The van der Waals surface area contributed by atoms with E-state index in [4.69, 9.17) is 4.74 Å². The van der Waals surface area contributed by atoms with Crippen molar-refractivity contribution in [2.75, 3.05) is 34.3 Å². The van der Waals surface area contributed by atoms with Crippen LogP contribution in [0.3, 0.4) is 0 Å². The maximum Gasteiger partial charge on any atom is 0.253 e. The summed E-state index contributed by atoms with van der Waals surface area (Å²) in [5.74, 6) is 1.36. The molecule has 0 saturated carbocycles. The lowest BCUT2D eigenvalue weighted by atomic mass is 10.1. The van der Waals surface area contributed by atoms with E-state index in [9.17, 15) is 4.79 Å². The highest BCUT2D eigenvalue weighted by molar-refractivity contribution is 6.05. The molecule has 0 aliphatic rings. The summed E-state index contributed by atoms with van der Waals surface area (Å²) in [6.45, 7) is 1.38. The monoisotopic (exact) mass is 374 g/mol. The van der Waals surface area contributed by atoms with E-state index in [0.717, 1.165) is 23.4 Å². The van der Waals surface area contributed by atoms with Crippen molar-refractivity contribution < 1.29 is 9.53 Å². The summed E-state index contributed by atoms with van der Waals surface area (Å²) in [7, 11) is 5.58. The molecule has 0 radical (unpaired) electrons. The molecule has 3 aromatic rings. The van der Waals surface area contributed by atoms with Crippen LogP contribution in [0, 0.1) is 0 Å². The number of imidazole rings is 1. The highest BCUT2D eigenvalue weighted by atomic mass is 35.5. The molecule has 0 bridgehead atoms. The van der Waals surface area contributed by atoms with E-state index in [1.165, 1.54) is 0 Å². The summed E-state index contributed by atoms with van der Waals surface area (Å²) in [6.07, 6.45) is 0. The summed E-state index contributed by atoms with van der Waals surface area (Å²) in [4.78, 5) is 22.4. The van der Waals surface area contributed by atoms with Gasteiger partial charge in [-0.05, 0) is 38.4 Å². The Morgan fingerprint density at radius 1 is 1.23 bits per heavy atom. The lowest BCUT2D eigenvalue weighted by molar-refractivity contribution is 0.0952. The molecule has 7 heteroatoms. The average molecular weight is 375 g/mol. The molecule has 0 saturated heterocycles. The van der Waals surface area contributed by atoms with Gasteiger partial charge < -0.3 is 19.9 Å². The number of H-pyrrole nitrogens is 1. The molecule has 0 spiro atoms. The Hall–Kier alpha value is -2.57. The van der Waals surface area contributed by atoms with Crippen LogP contribution in [0.25, 0.3) is 22.4 Å². The molecular weight excluding hydrogens is 352 g/mol. The fourth-order valence-corrected chi connectivity index (χ4v) is 2.61. The number of nitrogens with one attached hydrogen (secondary N) is 2. The zero-order valence-electron chi connectivity index (χ0n) is 15.1. The molecule has 6 nitrogen and oxygen atoms in total. The lowest BCUT2D eigenvalue weighted by Crippen LogP contribution is -2.31. The molecule has 0 unspecified atom stereocenters. The first-order chi connectivity index (χ1) is 12.1. The maximum atomic E-state index is 12.5. The van der Waals surface area contributed by atoms with Crippen molar-refractivity contribution in [1.82, 2.24) is 20.2 Å². The van der Waals surface area contributed by atoms with E-state index in [1.807, 2.05) is 55.4 Å². The number of hydrogen-bond donors (Lipinski definition) is 2. The molecule has 1 amide bonds. The smallest absolute Gasteiger partial charge is 0.253 e. The molecule has 0 atom stereocenters. The summed E-state index contributed by atoms with van der Waals surface area (Å²) in [6, 6.07) is 13.2. The fraction of sp³-hybridized carbons (Fsp3) is 0.263. The van der Waals surface area contributed by atoms with Gasteiger partial charge in [0.15, 0.2) is 0 Å². The second kappa shape index (κ2) is 8.69. The maximum absolute atomic E-state index is 12.5. The Bertz CT molecular complexity index is 892. The van der Waals surface area contributed by atoms with Gasteiger partial charge in [0.1, 0.15) is 17.1 Å². The Morgan fingerprint density at radius 3 is 2.73 bits per heavy atom. The molecule has 0 aliphatic carbocycles. The third-order valence-electron chi connectivity index (χ3n) is 3.95. The molecule has 1 heterocycles. The van der Waals surface area contributed by atoms with Gasteiger partial charge in [0.2, 0.25) is 0 Å². The molecule has 3 rings (SSSR count). The first kappa shape index (κ1) is 19.8. The molecule has 26 heavy (non-hydrogen) atoms. The second-order valence-electron chi connectivity index (χ2n) is 6.08. The number of methoxy groups -OCH3 is 1. The number of amides is 1. The van der Waals surface area contributed by atoms with Gasteiger partial charge in [-0.3, -0.25) is 4.79 Å². The number of aromatic nitrogens is 2. The Labute approximate surface area is 159 Å². The number of halogens is 1. The molecule has 0 fully saturated rings. The first-order valence-electron chi connectivity index (χ1n) is 8.14. The van der Waals surface area contributed by atoms with Crippen molar-refractivity contribution in [3.63, 3.8) is 0 Å². The van der Waals surface area contributed by atoms with Crippen molar-refractivity contribution in [3.8, 4) is 17.1 Å². The van der Waals surface area contributed by atoms with E-state index >= 15 is 0 Å². The van der Waals surface area contributed by atoms with Gasteiger partial charge in [-0.25, -0.2) is 4.98 Å². The summed E-state index contributed by atoms with van der Waals surface area (Å²) < 4.78 is 5.27. The van der Waals surface area contributed by atoms with Crippen LogP contribution < -0.4 is 10.1 Å². The summed E-state index contributed by atoms with van der Waals surface area (Å²) in [5, 5.41) is 2.94. The molecule has 2 aromatic carbocycles. The van der Waals surface area contributed by atoms with Gasteiger partial charge in [-0.15, -0.1) is 12.4 Å². The van der Waals surface area contributed by atoms with Gasteiger partial charge in [0.05, 0.1) is 18.2 Å². The van der Waals surface area contributed by atoms with Crippen molar-refractivity contribution >= 4 is 29.3 Å². The van der Waals surface area contributed by atoms with Gasteiger partial charge >= 0.3 is 0 Å². The van der Waals surface area contributed by atoms with E-state index < -0.39 is 0 Å². The van der Waals surface area contributed by atoms with Crippen LogP contribution in [0.15, 0.2) is 42.5 Å². The zero-order chi connectivity index (χ0) is 17.8. The predicted molar refractivity (Wildman–Crippen MR) is 106 cm³/mol.